The summed E-state index contributed by atoms with van der Waals surface area (Å²) in [7, 11) is 0. The lowest BCUT2D eigenvalue weighted by atomic mass is 9.65. The Balaban J connectivity index is 0.000000163. The van der Waals surface area contributed by atoms with Crippen molar-refractivity contribution in [1.29, 1.82) is 0 Å². The molecule has 1 nitrogen and oxygen atoms in total. The summed E-state index contributed by atoms with van der Waals surface area (Å²) in [6.45, 7) is 14.6. The van der Waals surface area contributed by atoms with Gasteiger partial charge in [0.25, 0.3) is 0 Å². The summed E-state index contributed by atoms with van der Waals surface area (Å²) in [5, 5.41) is 2.62. The van der Waals surface area contributed by atoms with Gasteiger partial charge in [-0.1, -0.05) is 250 Å². The quantitative estimate of drug-likeness (QED) is 0.152. The normalized spacial score (nSPS) is 14.0. The van der Waals surface area contributed by atoms with Crippen molar-refractivity contribution in [1.82, 2.24) is 4.57 Å². The first-order valence-electron chi connectivity index (χ1n) is 24.4. The predicted molar refractivity (Wildman–Crippen MR) is 294 cm³/mol. The third-order valence-corrected chi connectivity index (χ3v) is 13.5. The molecule has 9 aromatic carbocycles. The van der Waals surface area contributed by atoms with Crippen LogP contribution in [0.4, 0.5) is 0 Å². The number of para-hydroxylation sites is 3. The van der Waals surface area contributed by atoms with Gasteiger partial charge in [0.1, 0.15) is 0 Å². The van der Waals surface area contributed by atoms with Gasteiger partial charge in [0.2, 0.25) is 0 Å². The average Bonchev–Trinajstić information content (AvgIpc) is 3.89. The van der Waals surface area contributed by atoms with Crippen molar-refractivity contribution in [3.05, 3.63) is 275 Å². The fraction of sp³-hybridized carbons (Fsp3) is 0.134. The van der Waals surface area contributed by atoms with Crippen molar-refractivity contribution in [2.24, 2.45) is 0 Å². The lowest BCUT2D eigenvalue weighted by molar-refractivity contribution is 0.749. The highest BCUT2D eigenvalue weighted by molar-refractivity contribution is 6.12. The number of aryl methyl sites for hydroxylation is 3. The van der Waals surface area contributed by atoms with Crippen molar-refractivity contribution < 1.29 is 0 Å². The van der Waals surface area contributed by atoms with E-state index in [2.05, 4.69) is 264 Å². The topological polar surface area (TPSA) is 4.93 Å². The van der Waals surface area contributed by atoms with Crippen LogP contribution in [-0.2, 0) is 5.41 Å². The molecule has 0 saturated heterocycles. The molecule has 2 aliphatic rings. The Kier molecular flexibility index (Phi) is 13.4. The van der Waals surface area contributed by atoms with E-state index in [0.29, 0.717) is 0 Å². The maximum Gasteiger partial charge on any atom is 0.0754 e. The first-order chi connectivity index (χ1) is 33.4. The molecule has 0 fully saturated rings. The van der Waals surface area contributed by atoms with E-state index < -0.39 is 5.41 Å². The molecule has 0 saturated carbocycles. The Labute approximate surface area is 404 Å². The van der Waals surface area contributed by atoms with Crippen LogP contribution in [0.5, 0.6) is 0 Å². The van der Waals surface area contributed by atoms with Gasteiger partial charge in [-0.25, -0.2) is 0 Å². The second kappa shape index (κ2) is 20.0. The first kappa shape index (κ1) is 45.4. The van der Waals surface area contributed by atoms with Crippen molar-refractivity contribution in [3.8, 4) is 39.1 Å². The number of rotatable bonds is 5. The highest BCUT2D eigenvalue weighted by Gasteiger charge is 2.50. The van der Waals surface area contributed by atoms with Gasteiger partial charge >= 0.3 is 0 Å². The van der Waals surface area contributed by atoms with Crippen LogP contribution < -0.4 is 0 Å². The molecule has 1 spiro atoms. The molecule has 0 amide bonds. The molecule has 334 valence electrons. The van der Waals surface area contributed by atoms with Crippen LogP contribution >= 0.6 is 0 Å². The summed E-state index contributed by atoms with van der Waals surface area (Å²) in [6, 6.07) is 77.6. The predicted octanol–water partition coefficient (Wildman–Crippen LogP) is 18.5. The van der Waals surface area contributed by atoms with Gasteiger partial charge in [0, 0.05) is 10.8 Å². The van der Waals surface area contributed by atoms with Gasteiger partial charge in [0.05, 0.1) is 22.1 Å². The van der Waals surface area contributed by atoms with Crippen LogP contribution in [-0.4, -0.2) is 4.57 Å². The zero-order valence-electron chi connectivity index (χ0n) is 40.6. The average molecular weight is 880 g/mol. The largest absolute Gasteiger partial charge is 0.309 e. The standard InChI is InChI=1S/C38H25N.C14H18.C13H12.C2H6/c1-24-17-19-25(20-18-24)26-21-22-28-27-9-2-4-12-31(27)38(34(28)23-26)32-13-5-7-16-36(32)39-35-15-6-3-10-29(35)30-11-8-14-33(38)37(30)39;1-4-6-7-13(5-2)14-10-8-12(3)9-11-14;1-11-7-9-13(10-8-11)12-5-3-2-4-6-12;1-2/h2-23H,1H3;5-11H,4H2,1-3H3;2-10H,1H3;1-2H3/b;7-6-,13-5+;;. The highest BCUT2D eigenvalue weighted by Crippen LogP contribution is 2.61. The van der Waals surface area contributed by atoms with Crippen LogP contribution in [0.25, 0.3) is 66.4 Å². The summed E-state index contributed by atoms with van der Waals surface area (Å²) in [6.07, 6.45) is 7.61. The van der Waals surface area contributed by atoms with Crippen molar-refractivity contribution >= 4 is 27.4 Å². The van der Waals surface area contributed by atoms with Gasteiger partial charge in [-0.2, -0.15) is 0 Å². The molecule has 10 aromatic rings. The molecule has 1 aromatic heterocycles. The monoisotopic (exact) mass is 879 g/mol. The van der Waals surface area contributed by atoms with E-state index in [1.807, 2.05) is 19.9 Å². The van der Waals surface area contributed by atoms with Gasteiger partial charge in [-0.3, -0.25) is 0 Å². The number of fused-ring (bicyclic) bond motifs is 12. The number of hydrogen-bond donors (Lipinski definition) is 0. The molecule has 1 atom stereocenters. The van der Waals surface area contributed by atoms with Gasteiger partial charge in [0.15, 0.2) is 0 Å². The number of hydrogen-bond acceptors (Lipinski definition) is 0. The number of aromatic nitrogens is 1. The molecule has 2 heterocycles. The lowest BCUT2D eigenvalue weighted by Crippen LogP contribution is -2.33. The second-order valence-electron chi connectivity index (χ2n) is 17.6. The minimum atomic E-state index is -0.396. The zero-order valence-corrected chi connectivity index (χ0v) is 40.6. The van der Waals surface area contributed by atoms with E-state index in [1.54, 1.807) is 0 Å². The highest BCUT2D eigenvalue weighted by atomic mass is 15.0. The van der Waals surface area contributed by atoms with E-state index in [-0.39, 0.29) is 0 Å². The Morgan fingerprint density at radius 1 is 0.456 bits per heavy atom. The number of nitrogens with zero attached hydrogens (tertiary/aromatic N) is 1. The Morgan fingerprint density at radius 3 is 1.65 bits per heavy atom. The smallest absolute Gasteiger partial charge is 0.0754 e. The molecule has 1 aliphatic carbocycles. The summed E-state index contributed by atoms with van der Waals surface area (Å²) >= 11 is 0. The van der Waals surface area contributed by atoms with E-state index in [9.17, 15) is 0 Å². The SMILES string of the molecule is C/C=C(\C=C/CC)c1ccc(C)cc1.CC.Cc1ccc(-c2ccc3c(c2)C2(c4ccccc4-3)c3ccccc3-n3c4ccccc4c4cccc2c43)cc1.Cc1ccc(-c2ccccc2)cc1. The van der Waals surface area contributed by atoms with Crippen LogP contribution in [0.1, 0.15) is 78.6 Å². The molecule has 0 radical (unpaired) electrons. The van der Waals surface area contributed by atoms with Crippen LogP contribution in [0.3, 0.4) is 0 Å². The number of allylic oxidation sites excluding steroid dienone is 4. The molecule has 0 N–H and O–H groups in total. The number of benzene rings is 9. The van der Waals surface area contributed by atoms with Gasteiger partial charge < -0.3 is 4.57 Å². The zero-order chi connectivity index (χ0) is 47.2. The maximum absolute atomic E-state index is 2.50. The third kappa shape index (κ3) is 8.24. The van der Waals surface area contributed by atoms with Crippen molar-refractivity contribution in [3.63, 3.8) is 0 Å². The minimum absolute atomic E-state index is 0.396. The molecule has 1 aliphatic heterocycles. The molecule has 1 unspecified atom stereocenters. The Morgan fingerprint density at radius 2 is 0.971 bits per heavy atom. The van der Waals surface area contributed by atoms with Crippen LogP contribution in [0, 0.1) is 20.8 Å². The fourth-order valence-corrected chi connectivity index (χ4v) is 10.2. The summed E-state index contributed by atoms with van der Waals surface area (Å²) in [4.78, 5) is 0. The minimum Gasteiger partial charge on any atom is -0.309 e. The maximum atomic E-state index is 2.50. The Hall–Kier alpha value is -7.74. The van der Waals surface area contributed by atoms with Crippen molar-refractivity contribution in [2.75, 3.05) is 0 Å². The van der Waals surface area contributed by atoms with E-state index in [0.717, 1.165) is 6.42 Å². The molecular weight excluding hydrogens is 819 g/mol. The Bertz CT molecular complexity index is 3400. The third-order valence-electron chi connectivity index (χ3n) is 13.5. The summed E-state index contributed by atoms with van der Waals surface area (Å²) in [5.41, 5.74) is 23.1. The molecule has 1 heteroatoms. The van der Waals surface area contributed by atoms with E-state index in [1.165, 1.54) is 111 Å². The van der Waals surface area contributed by atoms with Crippen molar-refractivity contribution in [2.45, 2.75) is 60.3 Å². The molecule has 68 heavy (non-hydrogen) atoms. The van der Waals surface area contributed by atoms with Crippen LogP contribution in [0.15, 0.2) is 231 Å². The molecular formula is C67H61N. The summed E-state index contributed by atoms with van der Waals surface area (Å²) < 4.78 is 2.50. The van der Waals surface area contributed by atoms with E-state index >= 15 is 0 Å². The lowest BCUT2D eigenvalue weighted by Gasteiger charge is -2.39. The molecule has 0 bridgehead atoms. The fourth-order valence-electron chi connectivity index (χ4n) is 10.2. The second-order valence-corrected chi connectivity index (χ2v) is 17.6. The summed E-state index contributed by atoms with van der Waals surface area (Å²) in [5.74, 6) is 0. The van der Waals surface area contributed by atoms with E-state index in [4.69, 9.17) is 0 Å². The van der Waals surface area contributed by atoms with Gasteiger partial charge in [-0.15, -0.1) is 0 Å². The van der Waals surface area contributed by atoms with Gasteiger partial charge in [-0.05, 0) is 119 Å². The molecule has 12 rings (SSSR count). The van der Waals surface area contributed by atoms with Crippen LogP contribution in [0.2, 0.25) is 0 Å². The first-order valence-corrected chi connectivity index (χ1v) is 24.4.